The first-order valence-electron chi connectivity index (χ1n) is 8.80. The molecule has 0 bridgehead atoms. The zero-order valence-corrected chi connectivity index (χ0v) is 15.2. The van der Waals surface area contributed by atoms with Gasteiger partial charge in [-0.15, -0.1) is 0 Å². The van der Waals surface area contributed by atoms with E-state index in [0.29, 0.717) is 28.0 Å². The first kappa shape index (κ1) is 17.5. The van der Waals surface area contributed by atoms with E-state index in [1.807, 2.05) is 48.5 Å². The fourth-order valence-electron chi connectivity index (χ4n) is 3.09. The molecule has 0 spiro atoms. The zero-order chi connectivity index (χ0) is 19.5. The average Bonchev–Trinajstić information content (AvgIpc) is 2.74. The van der Waals surface area contributed by atoms with Gasteiger partial charge in [0.1, 0.15) is 5.82 Å². The zero-order valence-electron chi connectivity index (χ0n) is 15.2. The number of methoxy groups -OCH3 is 1. The van der Waals surface area contributed by atoms with Crippen molar-refractivity contribution in [1.29, 1.82) is 0 Å². The van der Waals surface area contributed by atoms with Crippen LogP contribution in [0.25, 0.3) is 28.7 Å². The van der Waals surface area contributed by atoms with Crippen molar-refractivity contribution in [1.82, 2.24) is 9.55 Å². The number of rotatable bonds is 4. The quantitative estimate of drug-likeness (QED) is 0.583. The maximum absolute atomic E-state index is 13.1. The van der Waals surface area contributed by atoms with Gasteiger partial charge in [0, 0.05) is 5.56 Å². The van der Waals surface area contributed by atoms with Crippen LogP contribution in [0.2, 0.25) is 0 Å². The molecule has 1 aromatic heterocycles. The van der Waals surface area contributed by atoms with Gasteiger partial charge in [-0.25, -0.2) is 4.98 Å². The standard InChI is InChI=1S/C23H18N2O3/c1-28-20-13-7-8-16(22(20)26)14-15-21-24-19-12-6-5-11-18(19)23(27)25(21)17-9-3-2-4-10-17/h2-15,26H,1H3/b15-14+. The van der Waals surface area contributed by atoms with Crippen LogP contribution in [0.4, 0.5) is 0 Å². The Morgan fingerprint density at radius 1 is 0.929 bits per heavy atom. The lowest BCUT2D eigenvalue weighted by Gasteiger charge is -2.11. The van der Waals surface area contributed by atoms with Crippen LogP contribution in [0.1, 0.15) is 11.4 Å². The van der Waals surface area contributed by atoms with E-state index >= 15 is 0 Å². The van der Waals surface area contributed by atoms with Crippen LogP contribution in [0, 0.1) is 0 Å². The summed E-state index contributed by atoms with van der Waals surface area (Å²) in [7, 11) is 1.50. The first-order valence-corrected chi connectivity index (χ1v) is 8.80. The van der Waals surface area contributed by atoms with Crippen LogP contribution in [0.5, 0.6) is 11.5 Å². The normalized spacial score (nSPS) is 11.2. The third-order valence-electron chi connectivity index (χ3n) is 4.48. The first-order chi connectivity index (χ1) is 13.7. The SMILES string of the molecule is COc1cccc(/C=C/c2nc3ccccc3c(=O)n2-c2ccccc2)c1O. The Balaban J connectivity index is 1.92. The molecular weight excluding hydrogens is 352 g/mol. The van der Waals surface area contributed by atoms with E-state index in [4.69, 9.17) is 4.74 Å². The van der Waals surface area contributed by atoms with Gasteiger partial charge >= 0.3 is 0 Å². The molecule has 4 rings (SSSR count). The Kier molecular flexibility index (Phi) is 4.64. The van der Waals surface area contributed by atoms with Gasteiger partial charge in [0.25, 0.3) is 5.56 Å². The van der Waals surface area contributed by atoms with Crippen molar-refractivity contribution in [3.05, 3.63) is 94.5 Å². The number of aromatic nitrogens is 2. The summed E-state index contributed by atoms with van der Waals surface area (Å²) in [5, 5.41) is 10.9. The van der Waals surface area contributed by atoms with Crippen LogP contribution in [-0.4, -0.2) is 21.8 Å². The highest BCUT2D eigenvalue weighted by atomic mass is 16.5. The smallest absolute Gasteiger partial charge is 0.266 e. The highest BCUT2D eigenvalue weighted by Gasteiger charge is 2.11. The van der Waals surface area contributed by atoms with Gasteiger partial charge in [-0.2, -0.15) is 0 Å². The Morgan fingerprint density at radius 3 is 2.46 bits per heavy atom. The number of para-hydroxylation sites is 3. The molecule has 0 fully saturated rings. The molecule has 138 valence electrons. The lowest BCUT2D eigenvalue weighted by atomic mass is 10.1. The van der Waals surface area contributed by atoms with Gasteiger partial charge in [-0.3, -0.25) is 9.36 Å². The molecule has 0 amide bonds. The molecule has 5 nitrogen and oxygen atoms in total. The highest BCUT2D eigenvalue weighted by molar-refractivity contribution is 5.80. The van der Waals surface area contributed by atoms with Crippen molar-refractivity contribution in [3.63, 3.8) is 0 Å². The number of ether oxygens (including phenoxy) is 1. The predicted molar refractivity (Wildman–Crippen MR) is 111 cm³/mol. The van der Waals surface area contributed by atoms with E-state index < -0.39 is 0 Å². The molecule has 0 aliphatic rings. The average molecular weight is 370 g/mol. The monoisotopic (exact) mass is 370 g/mol. The summed E-state index contributed by atoms with van der Waals surface area (Å²) in [6, 6.07) is 21.9. The van der Waals surface area contributed by atoms with Gasteiger partial charge in [-0.1, -0.05) is 42.5 Å². The minimum absolute atomic E-state index is 0.0376. The van der Waals surface area contributed by atoms with Crippen LogP contribution in [0.15, 0.2) is 77.6 Å². The number of nitrogens with zero attached hydrogens (tertiary/aromatic N) is 2. The summed E-state index contributed by atoms with van der Waals surface area (Å²) in [6.07, 6.45) is 3.43. The van der Waals surface area contributed by atoms with Crippen molar-refractivity contribution in [2.75, 3.05) is 7.11 Å². The van der Waals surface area contributed by atoms with E-state index in [1.165, 1.54) is 7.11 Å². The summed E-state index contributed by atoms with van der Waals surface area (Å²) < 4.78 is 6.72. The Bertz CT molecular complexity index is 1230. The second-order valence-electron chi connectivity index (χ2n) is 6.19. The number of hydrogen-bond acceptors (Lipinski definition) is 4. The van der Waals surface area contributed by atoms with Crippen LogP contribution < -0.4 is 10.3 Å². The summed E-state index contributed by atoms with van der Waals surface area (Å²) in [4.78, 5) is 17.8. The fourth-order valence-corrected chi connectivity index (χ4v) is 3.09. The lowest BCUT2D eigenvalue weighted by Crippen LogP contribution is -2.22. The van der Waals surface area contributed by atoms with E-state index in [1.54, 1.807) is 41.0 Å². The second kappa shape index (κ2) is 7.40. The molecule has 4 aromatic rings. The van der Waals surface area contributed by atoms with E-state index in [9.17, 15) is 9.90 Å². The number of fused-ring (bicyclic) bond motifs is 1. The third-order valence-corrected chi connectivity index (χ3v) is 4.48. The molecule has 0 unspecified atom stereocenters. The van der Waals surface area contributed by atoms with Gasteiger partial charge in [0.15, 0.2) is 11.5 Å². The molecule has 0 saturated carbocycles. The van der Waals surface area contributed by atoms with Crippen molar-refractivity contribution >= 4 is 23.1 Å². The number of phenols is 1. The van der Waals surface area contributed by atoms with Crippen molar-refractivity contribution < 1.29 is 9.84 Å². The predicted octanol–water partition coefficient (Wildman–Crippen LogP) is 4.27. The molecule has 0 saturated heterocycles. The number of aromatic hydroxyl groups is 1. The molecule has 1 N–H and O–H groups in total. The number of hydrogen-bond donors (Lipinski definition) is 1. The maximum Gasteiger partial charge on any atom is 0.266 e. The van der Waals surface area contributed by atoms with Gasteiger partial charge in [0.05, 0.1) is 23.7 Å². The third kappa shape index (κ3) is 3.14. The van der Waals surface area contributed by atoms with Gasteiger partial charge in [0.2, 0.25) is 0 Å². The highest BCUT2D eigenvalue weighted by Crippen LogP contribution is 2.30. The lowest BCUT2D eigenvalue weighted by molar-refractivity contribution is 0.373. The molecular formula is C23H18N2O3. The minimum Gasteiger partial charge on any atom is -0.504 e. The number of benzene rings is 3. The van der Waals surface area contributed by atoms with Gasteiger partial charge in [-0.05, 0) is 42.5 Å². The Morgan fingerprint density at radius 2 is 1.68 bits per heavy atom. The van der Waals surface area contributed by atoms with Crippen LogP contribution in [-0.2, 0) is 0 Å². The second-order valence-corrected chi connectivity index (χ2v) is 6.19. The Hall–Kier alpha value is -3.86. The summed E-state index contributed by atoms with van der Waals surface area (Å²) in [6.45, 7) is 0. The summed E-state index contributed by atoms with van der Waals surface area (Å²) >= 11 is 0. The van der Waals surface area contributed by atoms with Crippen molar-refractivity contribution in [2.24, 2.45) is 0 Å². The molecule has 0 aliphatic heterocycles. The van der Waals surface area contributed by atoms with Gasteiger partial charge < -0.3 is 9.84 Å². The van der Waals surface area contributed by atoms with Crippen LogP contribution >= 0.6 is 0 Å². The molecule has 0 radical (unpaired) electrons. The van der Waals surface area contributed by atoms with Crippen molar-refractivity contribution in [3.8, 4) is 17.2 Å². The largest absolute Gasteiger partial charge is 0.504 e. The van der Waals surface area contributed by atoms with Crippen LogP contribution in [0.3, 0.4) is 0 Å². The number of phenolic OH excluding ortho intramolecular Hbond substituents is 1. The summed E-state index contributed by atoms with van der Waals surface area (Å²) in [5.41, 5.74) is 1.77. The molecule has 3 aromatic carbocycles. The van der Waals surface area contributed by atoms with Crippen molar-refractivity contribution in [2.45, 2.75) is 0 Å². The van der Waals surface area contributed by atoms with E-state index in [2.05, 4.69) is 4.98 Å². The fraction of sp³-hybridized carbons (Fsp3) is 0.0435. The molecule has 0 atom stereocenters. The minimum atomic E-state index is -0.147. The maximum atomic E-state index is 13.1. The summed E-state index contributed by atoms with van der Waals surface area (Å²) in [5.74, 6) is 0.891. The molecule has 28 heavy (non-hydrogen) atoms. The Labute approximate surface area is 161 Å². The topological polar surface area (TPSA) is 64.3 Å². The molecule has 0 aliphatic carbocycles. The molecule has 1 heterocycles. The molecule has 5 heteroatoms. The van der Waals surface area contributed by atoms with E-state index in [-0.39, 0.29) is 11.3 Å². The van der Waals surface area contributed by atoms with E-state index in [0.717, 1.165) is 5.69 Å².